The molecule has 2 rings (SSSR count). The second-order valence-electron chi connectivity index (χ2n) is 5.19. The third kappa shape index (κ3) is 2.58. The van der Waals surface area contributed by atoms with Gasteiger partial charge in [0, 0.05) is 17.1 Å². The number of hydrogen-bond donors (Lipinski definition) is 1. The lowest BCUT2D eigenvalue weighted by Crippen LogP contribution is -2.43. The van der Waals surface area contributed by atoms with Crippen LogP contribution < -0.4 is 5.32 Å². The normalized spacial score (nSPS) is 19.2. The molecule has 3 heteroatoms. The monoisotopic (exact) mass is 224 g/mol. The number of aromatic nitrogens is 1. The molecule has 1 aliphatic rings. The van der Waals surface area contributed by atoms with Crippen LogP contribution in [0.5, 0.6) is 0 Å². The summed E-state index contributed by atoms with van der Waals surface area (Å²) in [6.07, 6.45) is 2.78. The van der Waals surface area contributed by atoms with Crippen molar-refractivity contribution in [3.05, 3.63) is 16.1 Å². The van der Waals surface area contributed by atoms with Crippen molar-refractivity contribution in [3.8, 4) is 0 Å². The van der Waals surface area contributed by atoms with Crippen molar-refractivity contribution in [2.24, 2.45) is 5.92 Å². The Kier molecular flexibility index (Phi) is 2.86. The number of nitrogens with zero attached hydrogens (tertiary/aromatic N) is 1. The van der Waals surface area contributed by atoms with Crippen molar-refractivity contribution >= 4 is 11.3 Å². The van der Waals surface area contributed by atoms with Gasteiger partial charge in [0.15, 0.2) is 0 Å². The smallest absolute Gasteiger partial charge is 0.112 e. The predicted octanol–water partition coefficient (Wildman–Crippen LogP) is 3.07. The number of thiazole rings is 1. The summed E-state index contributed by atoms with van der Waals surface area (Å²) in [6, 6.07) is 0.615. The van der Waals surface area contributed by atoms with E-state index in [1.807, 2.05) is 0 Å². The topological polar surface area (TPSA) is 24.9 Å². The molecule has 0 bridgehead atoms. The van der Waals surface area contributed by atoms with E-state index in [2.05, 4.69) is 43.4 Å². The Morgan fingerprint density at radius 1 is 1.53 bits per heavy atom. The summed E-state index contributed by atoms with van der Waals surface area (Å²) in [6.45, 7) is 8.80. The largest absolute Gasteiger partial charge is 0.303 e. The Hall–Kier alpha value is -0.410. The first-order chi connectivity index (χ1) is 6.99. The molecule has 2 nitrogen and oxygen atoms in total. The number of rotatable bonds is 4. The molecule has 1 atom stereocenters. The molecule has 1 N–H and O–H groups in total. The van der Waals surface area contributed by atoms with Gasteiger partial charge in [-0.1, -0.05) is 0 Å². The zero-order chi connectivity index (χ0) is 11.1. The van der Waals surface area contributed by atoms with Gasteiger partial charge in [0.25, 0.3) is 0 Å². The van der Waals surface area contributed by atoms with E-state index < -0.39 is 0 Å². The minimum atomic E-state index is 0.0148. The van der Waals surface area contributed by atoms with E-state index in [0.29, 0.717) is 6.04 Å². The Morgan fingerprint density at radius 2 is 2.20 bits per heavy atom. The fourth-order valence-electron chi connectivity index (χ4n) is 1.99. The molecule has 1 aromatic rings. The van der Waals surface area contributed by atoms with Crippen LogP contribution in [0.1, 0.15) is 44.3 Å². The van der Waals surface area contributed by atoms with Crippen LogP contribution >= 0.6 is 11.3 Å². The highest BCUT2D eigenvalue weighted by Gasteiger charge is 2.33. The standard InChI is InChI=1S/C12H20N2S/c1-8-7-15-11(13-8)12(3,4)14-9(2)10-5-6-10/h7,9-10,14H,5-6H2,1-4H3. The van der Waals surface area contributed by atoms with Gasteiger partial charge >= 0.3 is 0 Å². The maximum Gasteiger partial charge on any atom is 0.112 e. The van der Waals surface area contributed by atoms with Gasteiger partial charge in [-0.3, -0.25) is 0 Å². The van der Waals surface area contributed by atoms with Gasteiger partial charge < -0.3 is 5.32 Å². The van der Waals surface area contributed by atoms with Crippen molar-refractivity contribution in [2.45, 2.75) is 52.1 Å². The fourth-order valence-corrected chi connectivity index (χ4v) is 2.87. The summed E-state index contributed by atoms with van der Waals surface area (Å²) >= 11 is 1.76. The number of hydrogen-bond acceptors (Lipinski definition) is 3. The zero-order valence-electron chi connectivity index (χ0n) is 10.0. The lowest BCUT2D eigenvalue weighted by atomic mass is 10.0. The molecule has 0 amide bonds. The zero-order valence-corrected chi connectivity index (χ0v) is 10.8. The van der Waals surface area contributed by atoms with Crippen LogP contribution in [-0.4, -0.2) is 11.0 Å². The van der Waals surface area contributed by atoms with E-state index in [-0.39, 0.29) is 5.54 Å². The highest BCUT2D eigenvalue weighted by atomic mass is 32.1. The molecule has 0 radical (unpaired) electrons. The van der Waals surface area contributed by atoms with Crippen molar-refractivity contribution < 1.29 is 0 Å². The summed E-state index contributed by atoms with van der Waals surface area (Å²) in [7, 11) is 0. The summed E-state index contributed by atoms with van der Waals surface area (Å²) in [5, 5.41) is 7.02. The first kappa shape index (κ1) is 11.1. The van der Waals surface area contributed by atoms with E-state index in [9.17, 15) is 0 Å². The molecule has 0 aliphatic heterocycles. The molecule has 1 saturated carbocycles. The van der Waals surface area contributed by atoms with E-state index in [1.54, 1.807) is 11.3 Å². The number of aryl methyl sites for hydroxylation is 1. The third-order valence-electron chi connectivity index (χ3n) is 3.07. The minimum Gasteiger partial charge on any atom is -0.303 e. The summed E-state index contributed by atoms with van der Waals surface area (Å²) in [5.74, 6) is 0.894. The quantitative estimate of drug-likeness (QED) is 0.850. The van der Waals surface area contributed by atoms with E-state index in [1.165, 1.54) is 17.8 Å². The highest BCUT2D eigenvalue weighted by molar-refractivity contribution is 7.09. The molecule has 1 aromatic heterocycles. The van der Waals surface area contributed by atoms with Gasteiger partial charge in [-0.25, -0.2) is 4.98 Å². The van der Waals surface area contributed by atoms with Crippen LogP contribution in [0, 0.1) is 12.8 Å². The molecule has 1 fully saturated rings. The second kappa shape index (κ2) is 3.87. The maximum absolute atomic E-state index is 4.57. The van der Waals surface area contributed by atoms with Crippen molar-refractivity contribution in [1.29, 1.82) is 0 Å². The first-order valence-electron chi connectivity index (χ1n) is 5.69. The molecule has 0 spiro atoms. The van der Waals surface area contributed by atoms with Gasteiger partial charge in [-0.05, 0) is 46.5 Å². The van der Waals surface area contributed by atoms with E-state index in [0.717, 1.165) is 11.6 Å². The van der Waals surface area contributed by atoms with Crippen molar-refractivity contribution in [1.82, 2.24) is 10.3 Å². The minimum absolute atomic E-state index is 0.0148. The SMILES string of the molecule is Cc1csc(C(C)(C)NC(C)C2CC2)n1. The van der Waals surface area contributed by atoms with E-state index >= 15 is 0 Å². The van der Waals surface area contributed by atoms with Crippen LogP contribution in [0.4, 0.5) is 0 Å². The lowest BCUT2D eigenvalue weighted by Gasteiger charge is -2.28. The average molecular weight is 224 g/mol. The van der Waals surface area contributed by atoms with Gasteiger partial charge in [0.2, 0.25) is 0 Å². The maximum atomic E-state index is 4.57. The van der Waals surface area contributed by atoms with Crippen LogP contribution in [0.15, 0.2) is 5.38 Å². The molecular weight excluding hydrogens is 204 g/mol. The van der Waals surface area contributed by atoms with Gasteiger partial charge in [-0.15, -0.1) is 11.3 Å². The van der Waals surface area contributed by atoms with Crippen LogP contribution in [0.3, 0.4) is 0 Å². The van der Waals surface area contributed by atoms with Crippen molar-refractivity contribution in [3.63, 3.8) is 0 Å². The molecule has 0 saturated heterocycles. The third-order valence-corrected chi connectivity index (χ3v) is 4.36. The molecule has 0 aromatic carbocycles. The Morgan fingerprint density at radius 3 is 2.67 bits per heavy atom. The Labute approximate surface area is 96.1 Å². The van der Waals surface area contributed by atoms with E-state index in [4.69, 9.17) is 0 Å². The molecular formula is C12H20N2S. The second-order valence-corrected chi connectivity index (χ2v) is 6.05. The van der Waals surface area contributed by atoms with Crippen molar-refractivity contribution in [2.75, 3.05) is 0 Å². The summed E-state index contributed by atoms with van der Waals surface area (Å²) in [5.41, 5.74) is 1.14. The molecule has 1 unspecified atom stereocenters. The average Bonchev–Trinajstić information content (AvgIpc) is 2.88. The van der Waals surface area contributed by atoms with Crippen LogP contribution in [0.25, 0.3) is 0 Å². The predicted molar refractivity (Wildman–Crippen MR) is 65.2 cm³/mol. The molecule has 84 valence electrons. The fraction of sp³-hybridized carbons (Fsp3) is 0.750. The summed E-state index contributed by atoms with van der Waals surface area (Å²) < 4.78 is 0. The lowest BCUT2D eigenvalue weighted by molar-refractivity contribution is 0.331. The molecule has 1 aliphatic carbocycles. The van der Waals surface area contributed by atoms with Crippen LogP contribution in [-0.2, 0) is 5.54 Å². The Bertz CT molecular complexity index is 339. The van der Waals surface area contributed by atoms with Crippen LogP contribution in [0.2, 0.25) is 0 Å². The van der Waals surface area contributed by atoms with Gasteiger partial charge in [-0.2, -0.15) is 0 Å². The summed E-state index contributed by atoms with van der Waals surface area (Å²) in [4.78, 5) is 4.57. The van der Waals surface area contributed by atoms with Gasteiger partial charge in [0.1, 0.15) is 5.01 Å². The molecule has 1 heterocycles. The highest BCUT2D eigenvalue weighted by Crippen LogP contribution is 2.34. The number of nitrogens with one attached hydrogen (secondary N) is 1. The Balaban J connectivity index is 2.04. The molecule has 15 heavy (non-hydrogen) atoms. The van der Waals surface area contributed by atoms with Gasteiger partial charge in [0.05, 0.1) is 5.54 Å². The first-order valence-corrected chi connectivity index (χ1v) is 6.57.